The van der Waals surface area contributed by atoms with Crippen molar-refractivity contribution in [3.8, 4) is 11.4 Å². The Bertz CT molecular complexity index is 1350. The standard InChI is InChI=1S/C26H22N4O3S/c1-33-22-13-3-2-11-20(22)30-24(23(28-26(30)34)19-10-4-5-14-27-19)21-12-7-15-29(21)18-9-6-8-17(16-18)25(31)32/h2-16,23-24H,1H3,(H,28,34)(H,31,32)/t23-,24-/m0/s1. The molecule has 1 aliphatic heterocycles. The molecule has 0 spiro atoms. The van der Waals surface area contributed by atoms with E-state index in [2.05, 4.69) is 10.3 Å². The first kappa shape index (κ1) is 21.7. The number of hydrogen-bond donors (Lipinski definition) is 2. The molecule has 34 heavy (non-hydrogen) atoms. The highest BCUT2D eigenvalue weighted by molar-refractivity contribution is 7.80. The topological polar surface area (TPSA) is 79.6 Å². The Hall–Kier alpha value is -4.17. The second-order valence-corrected chi connectivity index (χ2v) is 8.21. The highest BCUT2D eigenvalue weighted by Crippen LogP contribution is 2.44. The van der Waals surface area contributed by atoms with Crippen LogP contribution in [0.15, 0.2) is 91.3 Å². The zero-order valence-corrected chi connectivity index (χ0v) is 19.1. The summed E-state index contributed by atoms with van der Waals surface area (Å²) in [6.07, 6.45) is 3.69. The maximum Gasteiger partial charge on any atom is 0.335 e. The van der Waals surface area contributed by atoms with Crippen molar-refractivity contribution in [2.45, 2.75) is 12.1 Å². The number of thiocarbonyl (C=S) groups is 1. The summed E-state index contributed by atoms with van der Waals surface area (Å²) >= 11 is 5.82. The molecule has 0 amide bonds. The van der Waals surface area contributed by atoms with E-state index in [0.29, 0.717) is 10.9 Å². The van der Waals surface area contributed by atoms with Crippen molar-refractivity contribution in [3.05, 3.63) is 108 Å². The maximum atomic E-state index is 11.6. The Balaban J connectivity index is 1.69. The number of anilines is 1. The Labute approximate surface area is 202 Å². The molecule has 1 aliphatic rings. The molecule has 5 rings (SSSR count). The zero-order valence-electron chi connectivity index (χ0n) is 18.3. The quantitative estimate of drug-likeness (QED) is 0.394. The van der Waals surface area contributed by atoms with Crippen LogP contribution in [0.3, 0.4) is 0 Å². The molecule has 1 saturated heterocycles. The summed E-state index contributed by atoms with van der Waals surface area (Å²) in [5.41, 5.74) is 3.58. The molecule has 0 aliphatic carbocycles. The minimum atomic E-state index is -0.971. The van der Waals surface area contributed by atoms with Gasteiger partial charge in [-0.1, -0.05) is 24.3 Å². The van der Waals surface area contributed by atoms with Crippen molar-refractivity contribution in [1.29, 1.82) is 0 Å². The number of methoxy groups -OCH3 is 1. The fourth-order valence-corrected chi connectivity index (χ4v) is 4.74. The first-order chi connectivity index (χ1) is 16.6. The second kappa shape index (κ2) is 8.99. The minimum Gasteiger partial charge on any atom is -0.495 e. The van der Waals surface area contributed by atoms with Gasteiger partial charge in [-0.05, 0) is 66.8 Å². The third-order valence-corrected chi connectivity index (χ3v) is 6.21. The van der Waals surface area contributed by atoms with Crippen molar-refractivity contribution >= 4 is 29.0 Å². The van der Waals surface area contributed by atoms with E-state index in [0.717, 1.165) is 22.8 Å². The van der Waals surface area contributed by atoms with Crippen LogP contribution in [0.25, 0.3) is 5.69 Å². The van der Waals surface area contributed by atoms with E-state index in [1.807, 2.05) is 76.3 Å². The minimum absolute atomic E-state index is 0.222. The summed E-state index contributed by atoms with van der Waals surface area (Å²) in [6.45, 7) is 0. The fraction of sp³-hybridized carbons (Fsp3) is 0.115. The van der Waals surface area contributed by atoms with Gasteiger partial charge in [-0.2, -0.15) is 0 Å². The predicted octanol–water partition coefficient (Wildman–Crippen LogP) is 4.76. The molecule has 2 aromatic heterocycles. The molecule has 7 nitrogen and oxygen atoms in total. The van der Waals surface area contributed by atoms with Gasteiger partial charge in [0, 0.05) is 23.8 Å². The first-order valence-corrected chi connectivity index (χ1v) is 11.1. The van der Waals surface area contributed by atoms with E-state index in [1.54, 1.807) is 31.5 Å². The van der Waals surface area contributed by atoms with Gasteiger partial charge in [0.1, 0.15) is 11.8 Å². The Morgan fingerprint density at radius 1 is 1.06 bits per heavy atom. The molecule has 2 aromatic carbocycles. The van der Waals surface area contributed by atoms with E-state index in [-0.39, 0.29) is 17.6 Å². The Kier molecular flexibility index (Phi) is 5.73. The van der Waals surface area contributed by atoms with Gasteiger partial charge < -0.3 is 24.6 Å². The predicted molar refractivity (Wildman–Crippen MR) is 134 cm³/mol. The third-order valence-electron chi connectivity index (χ3n) is 5.90. The van der Waals surface area contributed by atoms with Crippen LogP contribution in [0.2, 0.25) is 0 Å². The first-order valence-electron chi connectivity index (χ1n) is 10.7. The van der Waals surface area contributed by atoms with Crippen LogP contribution in [-0.4, -0.2) is 32.8 Å². The van der Waals surface area contributed by atoms with Crippen LogP contribution in [0, 0.1) is 0 Å². The number of pyridine rings is 1. The van der Waals surface area contributed by atoms with Crippen LogP contribution >= 0.6 is 12.2 Å². The van der Waals surface area contributed by atoms with Gasteiger partial charge in [-0.25, -0.2) is 4.79 Å². The van der Waals surface area contributed by atoms with E-state index in [1.165, 1.54) is 0 Å². The highest BCUT2D eigenvalue weighted by atomic mass is 32.1. The largest absolute Gasteiger partial charge is 0.495 e. The van der Waals surface area contributed by atoms with Gasteiger partial charge in [0.25, 0.3) is 0 Å². The van der Waals surface area contributed by atoms with E-state index in [9.17, 15) is 9.90 Å². The second-order valence-electron chi connectivity index (χ2n) is 7.83. The van der Waals surface area contributed by atoms with E-state index < -0.39 is 5.97 Å². The summed E-state index contributed by atoms with van der Waals surface area (Å²) in [5, 5.41) is 13.5. The molecule has 3 heterocycles. The number of nitrogens with zero attached hydrogens (tertiary/aromatic N) is 3. The van der Waals surface area contributed by atoms with Crippen LogP contribution in [0.4, 0.5) is 5.69 Å². The SMILES string of the molecule is COc1ccccc1N1C(=S)N[C@@H](c2ccccn2)[C@@H]1c1cccn1-c1cccc(C(=O)O)c1. The number of aromatic carboxylic acids is 1. The third kappa shape index (κ3) is 3.78. The number of carboxylic acid groups (broad SMARTS) is 1. The lowest BCUT2D eigenvalue weighted by Crippen LogP contribution is -2.30. The molecular weight excluding hydrogens is 448 g/mol. The molecule has 0 saturated carbocycles. The highest BCUT2D eigenvalue weighted by Gasteiger charge is 2.43. The number of aromatic nitrogens is 2. The molecule has 0 unspecified atom stereocenters. The lowest BCUT2D eigenvalue weighted by Gasteiger charge is -2.30. The summed E-state index contributed by atoms with van der Waals surface area (Å²) in [5.74, 6) is -0.273. The van der Waals surface area contributed by atoms with Crippen molar-refractivity contribution in [2.75, 3.05) is 12.0 Å². The summed E-state index contributed by atoms with van der Waals surface area (Å²) in [4.78, 5) is 18.2. The number of carboxylic acids is 1. The van der Waals surface area contributed by atoms with Crippen molar-refractivity contribution in [3.63, 3.8) is 0 Å². The average molecular weight is 471 g/mol. The van der Waals surface area contributed by atoms with Gasteiger partial charge in [0.2, 0.25) is 0 Å². The molecule has 2 N–H and O–H groups in total. The van der Waals surface area contributed by atoms with Gasteiger partial charge in [-0.15, -0.1) is 0 Å². The van der Waals surface area contributed by atoms with E-state index >= 15 is 0 Å². The van der Waals surface area contributed by atoms with Crippen LogP contribution in [0.5, 0.6) is 5.75 Å². The summed E-state index contributed by atoms with van der Waals surface area (Å²) < 4.78 is 7.64. The number of rotatable bonds is 6. The summed E-state index contributed by atoms with van der Waals surface area (Å²) in [7, 11) is 1.64. The van der Waals surface area contributed by atoms with Crippen molar-refractivity contribution in [1.82, 2.24) is 14.9 Å². The average Bonchev–Trinajstić information content (AvgIpc) is 3.49. The number of hydrogen-bond acceptors (Lipinski definition) is 4. The van der Waals surface area contributed by atoms with Gasteiger partial charge in [0.15, 0.2) is 5.11 Å². The van der Waals surface area contributed by atoms with E-state index in [4.69, 9.17) is 17.0 Å². The Morgan fingerprint density at radius 2 is 1.88 bits per heavy atom. The molecular formula is C26H22N4O3S. The van der Waals surface area contributed by atoms with Crippen molar-refractivity contribution in [2.24, 2.45) is 0 Å². The van der Waals surface area contributed by atoms with Gasteiger partial charge in [0.05, 0.1) is 30.1 Å². The van der Waals surface area contributed by atoms with Gasteiger partial charge in [-0.3, -0.25) is 4.98 Å². The molecule has 170 valence electrons. The fourth-order valence-electron chi connectivity index (χ4n) is 4.40. The zero-order chi connectivity index (χ0) is 23.7. The Morgan fingerprint density at radius 3 is 2.65 bits per heavy atom. The lowest BCUT2D eigenvalue weighted by atomic mass is 10.0. The molecule has 0 radical (unpaired) electrons. The van der Waals surface area contributed by atoms with Gasteiger partial charge >= 0.3 is 5.97 Å². The van der Waals surface area contributed by atoms with Crippen LogP contribution < -0.4 is 15.0 Å². The maximum absolute atomic E-state index is 11.6. The lowest BCUT2D eigenvalue weighted by molar-refractivity contribution is 0.0697. The molecule has 2 atom stereocenters. The molecule has 0 bridgehead atoms. The monoisotopic (exact) mass is 470 g/mol. The molecule has 1 fully saturated rings. The smallest absolute Gasteiger partial charge is 0.335 e. The van der Waals surface area contributed by atoms with Crippen molar-refractivity contribution < 1.29 is 14.6 Å². The number of ether oxygens (including phenoxy) is 1. The number of para-hydroxylation sites is 2. The number of nitrogens with one attached hydrogen (secondary N) is 1. The number of carbonyl (C=O) groups is 1. The normalized spacial score (nSPS) is 17.4. The van der Waals surface area contributed by atoms with Crippen LogP contribution in [-0.2, 0) is 0 Å². The molecule has 4 aromatic rings. The number of benzene rings is 2. The van der Waals surface area contributed by atoms with Crippen LogP contribution in [0.1, 0.15) is 33.8 Å². The molecule has 8 heteroatoms. The summed E-state index contributed by atoms with van der Waals surface area (Å²) in [6, 6.07) is 23.9.